The molecule has 0 aromatic carbocycles. The van der Waals surface area contributed by atoms with Gasteiger partial charge in [-0.3, -0.25) is 9.59 Å². The lowest BCUT2D eigenvalue weighted by Gasteiger charge is -2.45. The maximum absolute atomic E-state index is 12.2. The molecule has 5 nitrogen and oxygen atoms in total. The summed E-state index contributed by atoms with van der Waals surface area (Å²) in [5, 5.41) is 3.08. The molecule has 2 fully saturated rings. The third-order valence-corrected chi connectivity index (χ3v) is 6.45. The summed E-state index contributed by atoms with van der Waals surface area (Å²) >= 11 is 0. The highest BCUT2D eigenvalue weighted by atomic mass is 16.5. The molecular weight excluding hydrogens is 340 g/mol. The van der Waals surface area contributed by atoms with Gasteiger partial charge in [-0.1, -0.05) is 13.8 Å². The van der Waals surface area contributed by atoms with E-state index in [2.05, 4.69) is 10.2 Å². The van der Waals surface area contributed by atoms with Gasteiger partial charge >= 0.3 is 0 Å². The average Bonchev–Trinajstić information content (AvgIpc) is 2.63. The standard InChI is InChI=1S/C22H40N2O3.H2/c1-17(2)20(25)7-15-27-16-14-24-12-10-22(11-13-24)8-5-19(6-9-22)21(26)23-18(3)4;/h17-19H,5-16H2,1-4H3,(H,23,26);1H. The summed E-state index contributed by atoms with van der Waals surface area (Å²) in [4.78, 5) is 26.3. The van der Waals surface area contributed by atoms with Crippen molar-refractivity contribution in [1.29, 1.82) is 0 Å². The van der Waals surface area contributed by atoms with Gasteiger partial charge in [0.2, 0.25) is 5.91 Å². The number of ketones is 1. The molecule has 0 bridgehead atoms. The van der Waals surface area contributed by atoms with E-state index in [1.54, 1.807) is 0 Å². The van der Waals surface area contributed by atoms with Crippen LogP contribution in [0.4, 0.5) is 0 Å². The lowest BCUT2D eigenvalue weighted by atomic mass is 9.65. The Morgan fingerprint density at radius 2 is 1.70 bits per heavy atom. The molecular formula is C22H42N2O3. The van der Waals surface area contributed by atoms with Crippen LogP contribution in [0.15, 0.2) is 0 Å². The fourth-order valence-electron chi connectivity index (χ4n) is 4.40. The molecule has 2 rings (SSSR count). The second-order valence-electron chi connectivity index (χ2n) is 9.26. The van der Waals surface area contributed by atoms with Crippen molar-refractivity contribution >= 4 is 11.7 Å². The van der Waals surface area contributed by atoms with Gasteiger partial charge in [-0.05, 0) is 70.9 Å². The largest absolute Gasteiger partial charge is 0.380 e. The molecule has 1 heterocycles. The zero-order chi connectivity index (χ0) is 19.9. The Hall–Kier alpha value is -0.940. The Kier molecular flexibility index (Phi) is 8.74. The van der Waals surface area contributed by atoms with Gasteiger partial charge < -0.3 is 15.0 Å². The van der Waals surface area contributed by atoms with Crippen molar-refractivity contribution < 1.29 is 15.8 Å². The molecule has 1 aliphatic carbocycles. The highest BCUT2D eigenvalue weighted by molar-refractivity contribution is 5.80. The average molecular weight is 383 g/mol. The number of Topliss-reactive ketones (excluding diaryl/α,β-unsaturated/α-hetero) is 1. The van der Waals surface area contributed by atoms with Crippen LogP contribution in [0.25, 0.3) is 0 Å². The van der Waals surface area contributed by atoms with E-state index in [1.165, 1.54) is 25.7 Å². The summed E-state index contributed by atoms with van der Waals surface area (Å²) in [7, 11) is 0. The Labute approximate surface area is 167 Å². The molecule has 1 saturated heterocycles. The Balaban J connectivity index is 0.00000392. The first-order valence-corrected chi connectivity index (χ1v) is 10.9. The number of piperidine rings is 1. The topological polar surface area (TPSA) is 58.6 Å². The summed E-state index contributed by atoms with van der Waals surface area (Å²) in [6, 6.07) is 0.238. The lowest BCUT2D eigenvalue weighted by molar-refractivity contribution is -0.127. The van der Waals surface area contributed by atoms with Crippen molar-refractivity contribution in [2.45, 2.75) is 78.7 Å². The summed E-state index contributed by atoms with van der Waals surface area (Å²) in [6.07, 6.45) is 7.52. The molecule has 0 aromatic rings. The van der Waals surface area contributed by atoms with E-state index in [0.29, 0.717) is 18.4 Å². The maximum atomic E-state index is 12.2. The van der Waals surface area contributed by atoms with E-state index in [0.717, 1.165) is 39.1 Å². The molecule has 0 aromatic heterocycles. The lowest BCUT2D eigenvalue weighted by Crippen LogP contribution is -2.45. The van der Waals surface area contributed by atoms with Gasteiger partial charge in [0.05, 0.1) is 13.2 Å². The van der Waals surface area contributed by atoms with Crippen LogP contribution >= 0.6 is 0 Å². The number of ether oxygens (including phenoxy) is 1. The van der Waals surface area contributed by atoms with E-state index in [9.17, 15) is 9.59 Å². The monoisotopic (exact) mass is 382 g/mol. The molecule has 0 atom stereocenters. The number of nitrogens with one attached hydrogen (secondary N) is 1. The van der Waals surface area contributed by atoms with Crippen molar-refractivity contribution in [3.8, 4) is 0 Å². The number of likely N-dealkylation sites (tertiary alicyclic amines) is 1. The molecule has 1 aliphatic heterocycles. The molecule has 5 heteroatoms. The first-order valence-electron chi connectivity index (χ1n) is 10.9. The third kappa shape index (κ3) is 7.19. The summed E-state index contributed by atoms with van der Waals surface area (Å²) in [5.41, 5.74) is 0.468. The normalized spacial score (nSPS) is 21.1. The van der Waals surface area contributed by atoms with Gasteiger partial charge in [0, 0.05) is 32.3 Å². The van der Waals surface area contributed by atoms with Crippen molar-refractivity contribution in [3.05, 3.63) is 0 Å². The zero-order valence-corrected chi connectivity index (χ0v) is 17.9. The van der Waals surface area contributed by atoms with Crippen LogP contribution in [0, 0.1) is 17.3 Å². The van der Waals surface area contributed by atoms with Gasteiger partial charge in [0.15, 0.2) is 0 Å². The number of hydrogen-bond acceptors (Lipinski definition) is 4. The van der Waals surface area contributed by atoms with Crippen LogP contribution in [0.5, 0.6) is 0 Å². The van der Waals surface area contributed by atoms with Crippen LogP contribution in [0.2, 0.25) is 0 Å². The van der Waals surface area contributed by atoms with Crippen LogP contribution in [-0.4, -0.2) is 55.5 Å². The number of amides is 1. The number of carbonyl (C=O) groups is 2. The summed E-state index contributed by atoms with van der Waals surface area (Å²) in [5.74, 6) is 0.870. The Bertz CT molecular complexity index is 478. The summed E-state index contributed by atoms with van der Waals surface area (Å²) < 4.78 is 5.66. The first kappa shape index (κ1) is 22.4. The van der Waals surface area contributed by atoms with Crippen molar-refractivity contribution in [2.75, 3.05) is 32.8 Å². The molecule has 0 radical (unpaired) electrons. The van der Waals surface area contributed by atoms with Crippen LogP contribution < -0.4 is 5.32 Å². The van der Waals surface area contributed by atoms with E-state index < -0.39 is 0 Å². The van der Waals surface area contributed by atoms with Gasteiger partial charge in [-0.2, -0.15) is 0 Å². The zero-order valence-electron chi connectivity index (χ0n) is 17.9. The van der Waals surface area contributed by atoms with Gasteiger partial charge in [-0.25, -0.2) is 0 Å². The fourth-order valence-corrected chi connectivity index (χ4v) is 4.40. The first-order chi connectivity index (χ1) is 12.8. The van der Waals surface area contributed by atoms with Crippen molar-refractivity contribution in [2.24, 2.45) is 17.3 Å². The van der Waals surface area contributed by atoms with Crippen LogP contribution in [0.3, 0.4) is 0 Å². The molecule has 158 valence electrons. The van der Waals surface area contributed by atoms with Gasteiger partial charge in [0.25, 0.3) is 0 Å². The number of rotatable bonds is 9. The molecule has 0 unspecified atom stereocenters. The Morgan fingerprint density at radius 1 is 1.07 bits per heavy atom. The minimum absolute atomic E-state index is 0. The molecule has 2 aliphatic rings. The number of hydrogen-bond donors (Lipinski definition) is 1. The highest BCUT2D eigenvalue weighted by Gasteiger charge is 2.39. The number of nitrogens with zero attached hydrogens (tertiary/aromatic N) is 1. The number of carbonyl (C=O) groups excluding carboxylic acids is 2. The fraction of sp³-hybridized carbons (Fsp3) is 0.909. The van der Waals surface area contributed by atoms with Crippen molar-refractivity contribution in [1.82, 2.24) is 10.2 Å². The second kappa shape index (κ2) is 10.6. The minimum atomic E-state index is 0. The van der Waals surface area contributed by atoms with E-state index in [1.807, 2.05) is 27.7 Å². The summed E-state index contributed by atoms with van der Waals surface area (Å²) in [6.45, 7) is 12.4. The van der Waals surface area contributed by atoms with Gasteiger partial charge in [0.1, 0.15) is 5.78 Å². The minimum Gasteiger partial charge on any atom is -0.380 e. The molecule has 27 heavy (non-hydrogen) atoms. The predicted octanol–water partition coefficient (Wildman–Crippen LogP) is 3.66. The quantitative estimate of drug-likeness (QED) is 0.618. The highest BCUT2D eigenvalue weighted by Crippen LogP contribution is 2.46. The molecule has 1 amide bonds. The van der Waals surface area contributed by atoms with E-state index in [-0.39, 0.29) is 31.0 Å². The smallest absolute Gasteiger partial charge is 0.223 e. The molecule has 1 N–H and O–H groups in total. The SMILES string of the molecule is CC(C)NC(=O)C1CCC2(CC1)CCN(CCOCCC(=O)C(C)C)CC2.[HH]. The predicted molar refractivity (Wildman–Crippen MR) is 111 cm³/mol. The van der Waals surface area contributed by atoms with Crippen LogP contribution in [0.1, 0.15) is 74.1 Å². The Morgan fingerprint density at radius 3 is 2.26 bits per heavy atom. The van der Waals surface area contributed by atoms with Gasteiger partial charge in [-0.15, -0.1) is 0 Å². The van der Waals surface area contributed by atoms with Crippen molar-refractivity contribution in [3.63, 3.8) is 0 Å². The molecule has 1 spiro atoms. The van der Waals surface area contributed by atoms with E-state index in [4.69, 9.17) is 4.74 Å². The second-order valence-corrected chi connectivity index (χ2v) is 9.26. The third-order valence-electron chi connectivity index (χ3n) is 6.45. The maximum Gasteiger partial charge on any atom is 0.223 e. The molecule has 1 saturated carbocycles. The van der Waals surface area contributed by atoms with Crippen LogP contribution in [-0.2, 0) is 14.3 Å². The van der Waals surface area contributed by atoms with E-state index >= 15 is 0 Å².